The van der Waals surface area contributed by atoms with Gasteiger partial charge in [0.05, 0.1) is 30.1 Å². The molecule has 206 valence electrons. The van der Waals surface area contributed by atoms with E-state index in [4.69, 9.17) is 9.84 Å². The molecule has 2 aliphatic rings. The summed E-state index contributed by atoms with van der Waals surface area (Å²) in [5.74, 6) is -0.157. The number of benzene rings is 1. The van der Waals surface area contributed by atoms with E-state index >= 15 is 0 Å². The van der Waals surface area contributed by atoms with Crippen molar-refractivity contribution < 1.29 is 19.6 Å². The molecule has 12 nitrogen and oxygen atoms in total. The van der Waals surface area contributed by atoms with E-state index in [9.17, 15) is 14.9 Å². The zero-order valence-corrected chi connectivity index (χ0v) is 22.2. The van der Waals surface area contributed by atoms with Gasteiger partial charge in [0.15, 0.2) is 5.75 Å². The molecular formula is C27H33N7O5. The van der Waals surface area contributed by atoms with Gasteiger partial charge in [-0.15, -0.1) is 0 Å². The van der Waals surface area contributed by atoms with Crippen molar-refractivity contribution >= 4 is 23.0 Å². The molecule has 0 saturated carbocycles. The van der Waals surface area contributed by atoms with Crippen LogP contribution in [0.4, 0.5) is 17.1 Å². The number of carbonyl (C=O) groups is 1. The van der Waals surface area contributed by atoms with Crippen LogP contribution in [0.2, 0.25) is 0 Å². The highest BCUT2D eigenvalue weighted by molar-refractivity contribution is 5.85. The third-order valence-electron chi connectivity index (χ3n) is 7.69. The van der Waals surface area contributed by atoms with Crippen LogP contribution in [0.25, 0.3) is 11.1 Å². The molecule has 0 aliphatic carbocycles. The number of nitro groups is 1. The first-order valence-corrected chi connectivity index (χ1v) is 13.1. The second-order valence-electron chi connectivity index (χ2n) is 10.1. The quantitative estimate of drug-likeness (QED) is 0.339. The third kappa shape index (κ3) is 5.80. The number of nitrogens with zero attached hydrogens (tertiary/aromatic N) is 7. The number of ether oxygens (including phenoxy) is 1. The first kappa shape index (κ1) is 26.4. The number of hydrogen-bond acceptors (Lipinski definition) is 9. The molecule has 0 spiro atoms. The fourth-order valence-electron chi connectivity index (χ4n) is 5.53. The van der Waals surface area contributed by atoms with Gasteiger partial charge in [-0.25, -0.2) is 9.78 Å². The van der Waals surface area contributed by atoms with E-state index < -0.39 is 10.9 Å². The average molecular weight is 536 g/mol. The van der Waals surface area contributed by atoms with Crippen molar-refractivity contribution in [3.05, 3.63) is 58.7 Å². The molecule has 1 N–H and O–H groups in total. The fraction of sp³-hybridized carbons (Fsp3) is 0.444. The van der Waals surface area contributed by atoms with Gasteiger partial charge in [-0.2, -0.15) is 5.10 Å². The zero-order valence-electron chi connectivity index (χ0n) is 22.2. The minimum Gasteiger partial charge on any atom is -0.490 e. The van der Waals surface area contributed by atoms with E-state index in [1.807, 2.05) is 19.3 Å². The number of nitro benzene ring substituents is 1. The highest BCUT2D eigenvalue weighted by atomic mass is 16.6. The summed E-state index contributed by atoms with van der Waals surface area (Å²) in [5, 5.41) is 25.0. The van der Waals surface area contributed by atoms with Crippen molar-refractivity contribution in [2.75, 3.05) is 62.7 Å². The number of rotatable bonds is 8. The summed E-state index contributed by atoms with van der Waals surface area (Å²) in [6.45, 7) is 6.34. The molecule has 2 fully saturated rings. The Kier molecular flexibility index (Phi) is 7.64. The number of carboxylic acids is 1. The Bertz CT molecular complexity index is 1330. The van der Waals surface area contributed by atoms with E-state index in [1.165, 1.54) is 7.11 Å². The number of aromatic carboxylic acids is 1. The lowest BCUT2D eigenvalue weighted by molar-refractivity contribution is -0.385. The van der Waals surface area contributed by atoms with Crippen LogP contribution >= 0.6 is 0 Å². The summed E-state index contributed by atoms with van der Waals surface area (Å²) in [7, 11) is 3.29. The largest absolute Gasteiger partial charge is 0.490 e. The van der Waals surface area contributed by atoms with E-state index in [0.29, 0.717) is 5.92 Å². The van der Waals surface area contributed by atoms with Crippen molar-refractivity contribution in [1.29, 1.82) is 0 Å². The molecule has 0 amide bonds. The minimum absolute atomic E-state index is 0.0568. The standard InChI is InChI=1S/C27H33N7O5/c1-30-18-20(15-29-30)22-13-25(34(37)38)26(39-2)14-24(22)33-11-9-31(10-12-33)17-19-5-7-32(8-6-19)21-3-4-23(27(35)36)28-16-21/h3-4,13-16,18-19H,5-12,17H2,1-2H3,(H,35,36). The molecule has 39 heavy (non-hydrogen) atoms. The van der Waals surface area contributed by atoms with Gasteiger partial charge >= 0.3 is 11.7 Å². The number of aromatic nitrogens is 3. The van der Waals surface area contributed by atoms with Gasteiger partial charge < -0.3 is 19.6 Å². The first-order valence-electron chi connectivity index (χ1n) is 13.1. The molecule has 3 aromatic rings. The summed E-state index contributed by atoms with van der Waals surface area (Å²) in [6.07, 6.45) is 7.40. The lowest BCUT2D eigenvalue weighted by Crippen LogP contribution is -2.49. The minimum atomic E-state index is -1.01. The number of piperazine rings is 1. The summed E-state index contributed by atoms with van der Waals surface area (Å²) in [5.41, 5.74) is 3.50. The smallest absolute Gasteiger partial charge is 0.354 e. The first-order chi connectivity index (χ1) is 18.8. The van der Waals surface area contributed by atoms with Crippen LogP contribution in [0.1, 0.15) is 23.3 Å². The Balaban J connectivity index is 1.20. The topological polar surface area (TPSA) is 130 Å². The van der Waals surface area contributed by atoms with Gasteiger partial charge in [0.1, 0.15) is 5.69 Å². The van der Waals surface area contributed by atoms with Crippen LogP contribution in [0.5, 0.6) is 5.75 Å². The predicted octanol–water partition coefficient (Wildman–Crippen LogP) is 3.14. The van der Waals surface area contributed by atoms with Gasteiger partial charge in [0, 0.05) is 88.0 Å². The molecule has 2 aromatic heterocycles. The number of hydrogen-bond donors (Lipinski definition) is 1. The average Bonchev–Trinajstić information content (AvgIpc) is 3.39. The molecule has 4 heterocycles. The zero-order chi connectivity index (χ0) is 27.5. The molecule has 2 aliphatic heterocycles. The van der Waals surface area contributed by atoms with Crippen LogP contribution in [-0.2, 0) is 7.05 Å². The van der Waals surface area contributed by atoms with E-state index in [0.717, 1.165) is 81.2 Å². The molecule has 12 heteroatoms. The summed E-state index contributed by atoms with van der Waals surface area (Å²) < 4.78 is 7.07. The van der Waals surface area contributed by atoms with Gasteiger partial charge in [0.2, 0.25) is 0 Å². The summed E-state index contributed by atoms with van der Waals surface area (Å²) in [6, 6.07) is 6.77. The van der Waals surface area contributed by atoms with Crippen molar-refractivity contribution in [3.8, 4) is 16.9 Å². The van der Waals surface area contributed by atoms with E-state index in [2.05, 4.69) is 24.8 Å². The maximum Gasteiger partial charge on any atom is 0.354 e. The molecule has 5 rings (SSSR count). The number of anilines is 2. The Morgan fingerprint density at radius 1 is 1.10 bits per heavy atom. The monoisotopic (exact) mass is 535 g/mol. The highest BCUT2D eigenvalue weighted by Crippen LogP contribution is 2.40. The highest BCUT2D eigenvalue weighted by Gasteiger charge is 2.28. The molecule has 2 saturated heterocycles. The number of pyridine rings is 1. The SMILES string of the molecule is COc1cc(N2CCN(CC3CCN(c4ccc(C(=O)O)nc4)CC3)CC2)c(-c2cnn(C)c2)cc1[N+](=O)[O-]. The van der Waals surface area contributed by atoms with Gasteiger partial charge in [-0.1, -0.05) is 0 Å². The molecule has 1 aromatic carbocycles. The van der Waals surface area contributed by atoms with Crippen molar-refractivity contribution in [2.45, 2.75) is 12.8 Å². The normalized spacial score (nSPS) is 16.9. The predicted molar refractivity (Wildman–Crippen MR) is 147 cm³/mol. The molecule has 0 atom stereocenters. The Hall–Kier alpha value is -4.19. The van der Waals surface area contributed by atoms with Crippen LogP contribution < -0.4 is 14.5 Å². The van der Waals surface area contributed by atoms with E-state index in [1.54, 1.807) is 35.3 Å². The lowest BCUT2D eigenvalue weighted by atomic mass is 9.95. The van der Waals surface area contributed by atoms with Gasteiger partial charge in [0.25, 0.3) is 0 Å². The fourth-order valence-corrected chi connectivity index (χ4v) is 5.53. The summed E-state index contributed by atoms with van der Waals surface area (Å²) in [4.78, 5) is 33.4. The van der Waals surface area contributed by atoms with Crippen LogP contribution in [0.3, 0.4) is 0 Å². The lowest BCUT2D eigenvalue weighted by Gasteiger charge is -2.40. The van der Waals surface area contributed by atoms with Crippen molar-refractivity contribution in [2.24, 2.45) is 13.0 Å². The number of piperidine rings is 1. The number of aryl methyl sites for hydroxylation is 1. The molecular weight excluding hydrogens is 502 g/mol. The second kappa shape index (κ2) is 11.3. The van der Waals surface area contributed by atoms with Gasteiger partial charge in [-0.05, 0) is 30.9 Å². The van der Waals surface area contributed by atoms with Crippen molar-refractivity contribution in [1.82, 2.24) is 19.7 Å². The van der Waals surface area contributed by atoms with E-state index in [-0.39, 0.29) is 17.1 Å². The Labute approximate surface area is 226 Å². The Morgan fingerprint density at radius 3 is 2.41 bits per heavy atom. The maximum atomic E-state index is 11.7. The van der Waals surface area contributed by atoms with Crippen LogP contribution in [0, 0.1) is 16.0 Å². The van der Waals surface area contributed by atoms with Crippen LogP contribution in [-0.4, -0.2) is 88.6 Å². The molecule has 0 bridgehead atoms. The second-order valence-corrected chi connectivity index (χ2v) is 10.1. The molecule has 0 unspecified atom stereocenters. The van der Waals surface area contributed by atoms with Crippen LogP contribution in [0.15, 0.2) is 42.9 Å². The number of carboxylic acid groups (broad SMARTS) is 1. The third-order valence-corrected chi connectivity index (χ3v) is 7.69. The molecule has 0 radical (unpaired) electrons. The summed E-state index contributed by atoms with van der Waals surface area (Å²) >= 11 is 0. The Morgan fingerprint density at radius 2 is 1.85 bits per heavy atom. The van der Waals surface area contributed by atoms with Crippen molar-refractivity contribution in [3.63, 3.8) is 0 Å². The maximum absolute atomic E-state index is 11.7. The van der Waals surface area contributed by atoms with Gasteiger partial charge in [-0.3, -0.25) is 19.7 Å². The number of methoxy groups -OCH3 is 1.